The first-order chi connectivity index (χ1) is 9.67. The fourth-order valence-corrected chi connectivity index (χ4v) is 2.83. The number of nitrogens with zero attached hydrogens (tertiary/aromatic N) is 3. The molecular weight excluding hydrogens is 274 g/mol. The van der Waals surface area contributed by atoms with Gasteiger partial charge in [-0.15, -0.1) is 9.19 Å². The van der Waals surface area contributed by atoms with Crippen LogP contribution in [0.15, 0.2) is 60.0 Å². The first-order valence-corrected chi connectivity index (χ1v) is 7.46. The molecule has 0 fully saturated rings. The highest BCUT2D eigenvalue weighted by molar-refractivity contribution is 7.93. The summed E-state index contributed by atoms with van der Waals surface area (Å²) in [6.45, 7) is 0. The first-order valence-electron chi connectivity index (χ1n) is 5.96. The monoisotopic (exact) mass is 285 g/mol. The molecule has 2 aromatic carbocycles. The number of rotatable bonds is 3. The highest BCUT2D eigenvalue weighted by Crippen LogP contribution is 2.13. The van der Waals surface area contributed by atoms with Crippen molar-refractivity contribution in [3.8, 4) is 0 Å². The lowest BCUT2D eigenvalue weighted by molar-refractivity contribution is 0.589. The quantitative estimate of drug-likeness (QED) is 0.740. The zero-order valence-corrected chi connectivity index (χ0v) is 11.2. The van der Waals surface area contributed by atoms with Gasteiger partial charge in [-0.3, -0.25) is 0 Å². The molecule has 0 saturated carbocycles. The minimum Gasteiger partial charge on any atom is -0.200 e. The van der Waals surface area contributed by atoms with Crippen molar-refractivity contribution in [2.75, 3.05) is 0 Å². The van der Waals surface area contributed by atoms with Crippen LogP contribution in [0.4, 0.5) is 0 Å². The largest absolute Gasteiger partial charge is 0.278 e. The lowest BCUT2D eigenvalue weighted by Crippen LogP contribution is -2.10. The summed E-state index contributed by atoms with van der Waals surface area (Å²) in [6.07, 6.45) is 1.53. The fourth-order valence-electron chi connectivity index (χ4n) is 1.82. The van der Waals surface area contributed by atoms with E-state index in [1.165, 1.54) is 6.08 Å². The standard InChI is InChI=1S/C14H11N3O2S/c18-20(19,11-10-12-6-2-1-3-7-12)17-14-9-5-4-8-13(14)15-16-17/h1-11H/b11-10+. The molecule has 0 amide bonds. The third-order valence-corrected chi connectivity index (χ3v) is 4.03. The Balaban J connectivity index is 2.02. The predicted molar refractivity (Wildman–Crippen MR) is 77.3 cm³/mol. The number of para-hydroxylation sites is 1. The van der Waals surface area contributed by atoms with Crippen molar-refractivity contribution in [2.24, 2.45) is 0 Å². The van der Waals surface area contributed by atoms with Crippen molar-refractivity contribution < 1.29 is 8.42 Å². The average molecular weight is 285 g/mol. The van der Waals surface area contributed by atoms with Crippen molar-refractivity contribution >= 4 is 27.1 Å². The Morgan fingerprint density at radius 1 is 0.950 bits per heavy atom. The highest BCUT2D eigenvalue weighted by atomic mass is 32.2. The lowest BCUT2D eigenvalue weighted by Gasteiger charge is -1.99. The van der Waals surface area contributed by atoms with Gasteiger partial charge in [0.1, 0.15) is 11.0 Å². The number of hydrogen-bond acceptors (Lipinski definition) is 4. The van der Waals surface area contributed by atoms with E-state index in [-0.39, 0.29) is 0 Å². The van der Waals surface area contributed by atoms with Crippen molar-refractivity contribution in [3.05, 3.63) is 65.6 Å². The van der Waals surface area contributed by atoms with Crippen LogP contribution < -0.4 is 0 Å². The van der Waals surface area contributed by atoms with Gasteiger partial charge in [0, 0.05) is 0 Å². The average Bonchev–Trinajstić information content (AvgIpc) is 2.91. The summed E-state index contributed by atoms with van der Waals surface area (Å²) in [5.41, 5.74) is 1.81. The minimum atomic E-state index is -3.68. The van der Waals surface area contributed by atoms with Gasteiger partial charge in [-0.25, -0.2) is 0 Å². The SMILES string of the molecule is O=S(=O)(/C=C/c1ccccc1)n1nnc2ccccc21. The molecule has 0 spiro atoms. The summed E-state index contributed by atoms with van der Waals surface area (Å²) in [5, 5.41) is 8.67. The van der Waals surface area contributed by atoms with Crippen LogP contribution in [0.2, 0.25) is 0 Å². The number of benzene rings is 2. The summed E-state index contributed by atoms with van der Waals surface area (Å²) in [6, 6.07) is 16.1. The van der Waals surface area contributed by atoms with E-state index < -0.39 is 10.0 Å². The molecule has 5 nitrogen and oxygen atoms in total. The molecule has 6 heteroatoms. The molecule has 1 aromatic heterocycles. The van der Waals surface area contributed by atoms with E-state index in [2.05, 4.69) is 10.3 Å². The highest BCUT2D eigenvalue weighted by Gasteiger charge is 2.14. The Morgan fingerprint density at radius 2 is 1.65 bits per heavy atom. The van der Waals surface area contributed by atoms with Crippen molar-refractivity contribution in [1.29, 1.82) is 0 Å². The van der Waals surface area contributed by atoms with Gasteiger partial charge in [0.15, 0.2) is 0 Å². The molecule has 3 aromatic rings. The van der Waals surface area contributed by atoms with Gasteiger partial charge in [-0.1, -0.05) is 47.7 Å². The summed E-state index contributed by atoms with van der Waals surface area (Å²) in [4.78, 5) is 0. The molecule has 0 atom stereocenters. The predicted octanol–water partition coefficient (Wildman–Crippen LogP) is 2.28. The summed E-state index contributed by atoms with van der Waals surface area (Å²) < 4.78 is 25.4. The van der Waals surface area contributed by atoms with Gasteiger partial charge in [-0.2, -0.15) is 8.42 Å². The van der Waals surface area contributed by atoms with E-state index in [0.717, 1.165) is 15.1 Å². The minimum absolute atomic E-state index is 0.463. The summed E-state index contributed by atoms with van der Waals surface area (Å²) >= 11 is 0. The van der Waals surface area contributed by atoms with Crippen molar-refractivity contribution in [1.82, 2.24) is 14.4 Å². The fraction of sp³-hybridized carbons (Fsp3) is 0. The van der Waals surface area contributed by atoms with E-state index in [1.807, 2.05) is 30.3 Å². The molecule has 0 saturated heterocycles. The molecule has 0 bridgehead atoms. The van der Waals surface area contributed by atoms with E-state index >= 15 is 0 Å². The van der Waals surface area contributed by atoms with Gasteiger partial charge in [0.25, 0.3) is 10.0 Å². The topological polar surface area (TPSA) is 64.8 Å². The van der Waals surface area contributed by atoms with Crippen molar-refractivity contribution in [3.63, 3.8) is 0 Å². The smallest absolute Gasteiger partial charge is 0.200 e. The van der Waals surface area contributed by atoms with E-state index in [4.69, 9.17) is 0 Å². The third kappa shape index (κ3) is 2.33. The van der Waals surface area contributed by atoms with Crippen LogP contribution in [0.25, 0.3) is 17.1 Å². The molecule has 0 radical (unpaired) electrons. The van der Waals surface area contributed by atoms with Crippen LogP contribution in [-0.4, -0.2) is 22.8 Å². The maximum Gasteiger partial charge on any atom is 0.278 e. The maximum atomic E-state index is 12.3. The molecular formula is C14H11N3O2S. The third-order valence-electron chi connectivity index (χ3n) is 2.79. The van der Waals surface area contributed by atoms with E-state index in [9.17, 15) is 8.42 Å². The lowest BCUT2D eigenvalue weighted by atomic mass is 10.2. The Morgan fingerprint density at radius 3 is 2.45 bits per heavy atom. The first kappa shape index (κ1) is 12.6. The molecule has 0 aliphatic rings. The van der Waals surface area contributed by atoms with E-state index in [0.29, 0.717) is 11.0 Å². The zero-order chi connectivity index (χ0) is 14.0. The Bertz CT molecular complexity index is 868. The van der Waals surface area contributed by atoms with Crippen LogP contribution >= 0.6 is 0 Å². The van der Waals surface area contributed by atoms with E-state index in [1.54, 1.807) is 24.3 Å². The molecule has 3 rings (SSSR count). The van der Waals surface area contributed by atoms with Gasteiger partial charge in [-0.05, 0) is 23.8 Å². The summed E-state index contributed by atoms with van der Waals surface area (Å²) in [7, 11) is -3.68. The van der Waals surface area contributed by atoms with Crippen molar-refractivity contribution in [2.45, 2.75) is 0 Å². The second-order valence-corrected chi connectivity index (χ2v) is 5.83. The van der Waals surface area contributed by atoms with Crippen LogP contribution in [0.5, 0.6) is 0 Å². The molecule has 100 valence electrons. The number of fused-ring (bicyclic) bond motifs is 1. The number of aromatic nitrogens is 3. The van der Waals surface area contributed by atoms with Crippen LogP contribution in [0, 0.1) is 0 Å². The van der Waals surface area contributed by atoms with Crippen LogP contribution in [0.3, 0.4) is 0 Å². The molecule has 1 heterocycles. The second-order valence-electron chi connectivity index (χ2n) is 4.18. The molecule has 0 unspecified atom stereocenters. The van der Waals surface area contributed by atoms with Gasteiger partial charge in [0.2, 0.25) is 0 Å². The van der Waals surface area contributed by atoms with Crippen LogP contribution in [-0.2, 0) is 10.0 Å². The molecule has 0 aliphatic carbocycles. The molecule has 0 N–H and O–H groups in total. The number of hydrogen-bond donors (Lipinski definition) is 0. The molecule has 0 aliphatic heterocycles. The van der Waals surface area contributed by atoms with Crippen LogP contribution in [0.1, 0.15) is 5.56 Å². The normalized spacial score (nSPS) is 12.2. The van der Waals surface area contributed by atoms with Gasteiger partial charge in [0.05, 0.1) is 5.41 Å². The second kappa shape index (κ2) is 4.90. The Kier molecular flexibility index (Phi) is 3.08. The Hall–Kier alpha value is -2.47. The van der Waals surface area contributed by atoms with Gasteiger partial charge >= 0.3 is 0 Å². The molecule has 20 heavy (non-hydrogen) atoms. The zero-order valence-electron chi connectivity index (χ0n) is 10.4. The van der Waals surface area contributed by atoms with Gasteiger partial charge < -0.3 is 0 Å². The maximum absolute atomic E-state index is 12.3. The summed E-state index contributed by atoms with van der Waals surface area (Å²) in [5.74, 6) is 0. The Labute approximate surface area is 116 Å².